The van der Waals surface area contributed by atoms with E-state index in [0.29, 0.717) is 12.8 Å². The third-order valence-electron chi connectivity index (χ3n) is 2.52. The first-order valence-corrected chi connectivity index (χ1v) is 6.01. The minimum absolute atomic E-state index is 0.342. The summed E-state index contributed by atoms with van der Waals surface area (Å²) in [6.45, 7) is 1.84. The van der Waals surface area contributed by atoms with Crippen LogP contribution in [0.25, 0.3) is 0 Å². The molecule has 0 spiro atoms. The van der Waals surface area contributed by atoms with Crippen molar-refractivity contribution in [3.63, 3.8) is 0 Å². The van der Waals surface area contributed by atoms with Gasteiger partial charge in [0.1, 0.15) is 6.04 Å². The van der Waals surface area contributed by atoms with Gasteiger partial charge in [-0.1, -0.05) is 25.5 Å². The summed E-state index contributed by atoms with van der Waals surface area (Å²) in [6.07, 6.45) is -3.44. The van der Waals surface area contributed by atoms with Gasteiger partial charge >= 0.3 is 12.2 Å². The molecular formula is C13H14F3N3O. The van der Waals surface area contributed by atoms with E-state index in [1.807, 2.05) is 13.0 Å². The van der Waals surface area contributed by atoms with E-state index < -0.39 is 23.8 Å². The molecule has 0 saturated carbocycles. The highest BCUT2D eigenvalue weighted by Crippen LogP contribution is 2.34. The highest BCUT2D eigenvalue weighted by atomic mass is 19.4. The molecule has 0 heterocycles. The largest absolute Gasteiger partial charge is 0.418 e. The van der Waals surface area contributed by atoms with E-state index in [2.05, 4.69) is 10.6 Å². The molecule has 2 amide bonds. The second-order valence-corrected chi connectivity index (χ2v) is 4.11. The first kappa shape index (κ1) is 15.8. The lowest BCUT2D eigenvalue weighted by molar-refractivity contribution is -0.136. The number of rotatable bonds is 4. The molecule has 0 aromatic heterocycles. The Morgan fingerprint density at radius 1 is 1.40 bits per heavy atom. The Morgan fingerprint density at radius 3 is 2.60 bits per heavy atom. The van der Waals surface area contributed by atoms with Gasteiger partial charge in [-0.3, -0.25) is 0 Å². The Balaban J connectivity index is 2.79. The molecule has 108 valence electrons. The fraction of sp³-hybridized carbons (Fsp3) is 0.385. The van der Waals surface area contributed by atoms with Gasteiger partial charge in [0.2, 0.25) is 0 Å². The van der Waals surface area contributed by atoms with Gasteiger partial charge in [0.15, 0.2) is 0 Å². The van der Waals surface area contributed by atoms with Gasteiger partial charge in [-0.05, 0) is 18.6 Å². The van der Waals surface area contributed by atoms with Crippen LogP contribution in [-0.2, 0) is 6.18 Å². The summed E-state index contributed by atoms with van der Waals surface area (Å²) in [5.41, 5.74) is -1.27. The highest BCUT2D eigenvalue weighted by Gasteiger charge is 2.33. The van der Waals surface area contributed by atoms with E-state index in [0.717, 1.165) is 12.1 Å². The molecule has 2 N–H and O–H groups in total. The molecule has 7 heteroatoms. The molecule has 0 aliphatic carbocycles. The fourth-order valence-corrected chi connectivity index (χ4v) is 1.61. The molecule has 0 aliphatic rings. The van der Waals surface area contributed by atoms with Crippen LogP contribution in [0, 0.1) is 11.3 Å². The van der Waals surface area contributed by atoms with Crippen LogP contribution in [0.15, 0.2) is 24.3 Å². The Morgan fingerprint density at radius 2 is 2.05 bits per heavy atom. The topological polar surface area (TPSA) is 64.9 Å². The number of anilines is 1. The molecule has 1 rings (SSSR count). The van der Waals surface area contributed by atoms with E-state index >= 15 is 0 Å². The molecule has 4 nitrogen and oxygen atoms in total. The lowest BCUT2D eigenvalue weighted by Crippen LogP contribution is -2.37. The molecular weight excluding hydrogens is 271 g/mol. The van der Waals surface area contributed by atoms with Crippen LogP contribution >= 0.6 is 0 Å². The van der Waals surface area contributed by atoms with Crippen LogP contribution in [-0.4, -0.2) is 12.1 Å². The smallest absolute Gasteiger partial charge is 0.322 e. The van der Waals surface area contributed by atoms with Gasteiger partial charge in [-0.15, -0.1) is 0 Å². The summed E-state index contributed by atoms with van der Waals surface area (Å²) in [6, 6.07) is 4.97. The van der Waals surface area contributed by atoms with Crippen molar-refractivity contribution in [1.29, 1.82) is 5.26 Å². The third-order valence-corrected chi connectivity index (χ3v) is 2.52. The van der Waals surface area contributed by atoms with Crippen molar-refractivity contribution in [1.82, 2.24) is 5.32 Å². The van der Waals surface area contributed by atoms with Gasteiger partial charge in [0, 0.05) is 0 Å². The van der Waals surface area contributed by atoms with Crippen LogP contribution in [0.4, 0.5) is 23.7 Å². The number of para-hydroxylation sites is 1. The molecule has 0 fully saturated rings. The Kier molecular flexibility index (Phi) is 5.38. The highest BCUT2D eigenvalue weighted by molar-refractivity contribution is 5.90. The Hall–Kier alpha value is -2.23. The summed E-state index contributed by atoms with van der Waals surface area (Å²) in [4.78, 5) is 11.6. The summed E-state index contributed by atoms with van der Waals surface area (Å²) in [5, 5.41) is 13.2. The number of nitrogens with zero attached hydrogens (tertiary/aromatic N) is 1. The zero-order valence-corrected chi connectivity index (χ0v) is 10.8. The first-order chi connectivity index (χ1) is 9.38. The quantitative estimate of drug-likeness (QED) is 0.889. The van der Waals surface area contributed by atoms with Crippen molar-refractivity contribution in [2.24, 2.45) is 0 Å². The number of hydrogen-bond donors (Lipinski definition) is 2. The monoisotopic (exact) mass is 285 g/mol. The normalized spacial score (nSPS) is 12.3. The summed E-state index contributed by atoms with van der Waals surface area (Å²) < 4.78 is 38.2. The van der Waals surface area contributed by atoms with E-state index in [9.17, 15) is 18.0 Å². The summed E-state index contributed by atoms with van der Waals surface area (Å²) >= 11 is 0. The molecule has 0 saturated heterocycles. The average molecular weight is 285 g/mol. The molecule has 0 aliphatic heterocycles. The molecule has 0 radical (unpaired) electrons. The number of carbonyl (C=O) groups is 1. The fourth-order valence-electron chi connectivity index (χ4n) is 1.61. The van der Waals surface area contributed by atoms with Crippen LogP contribution in [0.2, 0.25) is 0 Å². The zero-order chi connectivity index (χ0) is 15.2. The minimum Gasteiger partial charge on any atom is -0.322 e. The second-order valence-electron chi connectivity index (χ2n) is 4.11. The lowest BCUT2D eigenvalue weighted by atomic mass is 10.1. The van der Waals surface area contributed by atoms with E-state index in [-0.39, 0.29) is 5.69 Å². The Labute approximate surface area is 114 Å². The van der Waals surface area contributed by atoms with Crippen molar-refractivity contribution in [2.45, 2.75) is 32.0 Å². The molecule has 1 unspecified atom stereocenters. The van der Waals surface area contributed by atoms with Crippen molar-refractivity contribution in [3.8, 4) is 6.07 Å². The van der Waals surface area contributed by atoms with Crippen LogP contribution in [0.3, 0.4) is 0 Å². The maximum atomic E-state index is 12.7. The van der Waals surface area contributed by atoms with Crippen molar-refractivity contribution >= 4 is 11.7 Å². The molecule has 1 aromatic carbocycles. The lowest BCUT2D eigenvalue weighted by Gasteiger charge is -2.15. The number of nitriles is 1. The average Bonchev–Trinajstić information content (AvgIpc) is 2.37. The number of halogens is 3. The summed E-state index contributed by atoms with van der Waals surface area (Å²) in [7, 11) is 0. The first-order valence-electron chi connectivity index (χ1n) is 6.01. The number of alkyl halides is 3. The number of amides is 2. The number of hydrogen-bond acceptors (Lipinski definition) is 2. The van der Waals surface area contributed by atoms with Crippen LogP contribution in [0.1, 0.15) is 25.3 Å². The number of urea groups is 1. The SMILES string of the molecule is CCCC(C#N)NC(=O)Nc1ccccc1C(F)(F)F. The van der Waals surface area contributed by atoms with Gasteiger partial charge in [0.25, 0.3) is 0 Å². The molecule has 1 atom stereocenters. The van der Waals surface area contributed by atoms with Gasteiger partial charge in [-0.2, -0.15) is 18.4 Å². The molecule has 0 bridgehead atoms. The predicted octanol–water partition coefficient (Wildman–Crippen LogP) is 3.52. The summed E-state index contributed by atoms with van der Waals surface area (Å²) in [5.74, 6) is 0. The van der Waals surface area contributed by atoms with Gasteiger partial charge in [0.05, 0.1) is 17.3 Å². The zero-order valence-electron chi connectivity index (χ0n) is 10.8. The van der Waals surface area contributed by atoms with E-state index in [1.165, 1.54) is 12.1 Å². The molecule has 1 aromatic rings. The predicted molar refractivity (Wildman–Crippen MR) is 67.9 cm³/mol. The van der Waals surface area contributed by atoms with Crippen LogP contribution in [0.5, 0.6) is 0 Å². The standard InChI is InChI=1S/C13H14F3N3O/c1-2-5-9(8-17)18-12(20)19-11-7-4-3-6-10(11)13(14,15)16/h3-4,6-7,9H,2,5H2,1H3,(H2,18,19,20). The van der Waals surface area contributed by atoms with E-state index in [4.69, 9.17) is 5.26 Å². The van der Waals surface area contributed by atoms with Crippen molar-refractivity contribution in [3.05, 3.63) is 29.8 Å². The maximum Gasteiger partial charge on any atom is 0.418 e. The van der Waals surface area contributed by atoms with Crippen molar-refractivity contribution < 1.29 is 18.0 Å². The maximum absolute atomic E-state index is 12.7. The number of nitrogens with one attached hydrogen (secondary N) is 2. The van der Waals surface area contributed by atoms with Crippen molar-refractivity contribution in [2.75, 3.05) is 5.32 Å². The van der Waals surface area contributed by atoms with Gasteiger partial charge < -0.3 is 10.6 Å². The number of benzene rings is 1. The number of carbonyl (C=O) groups excluding carboxylic acids is 1. The third kappa shape index (κ3) is 4.46. The Bertz CT molecular complexity index is 508. The van der Waals surface area contributed by atoms with E-state index in [1.54, 1.807) is 0 Å². The minimum atomic E-state index is -4.55. The molecule has 20 heavy (non-hydrogen) atoms. The van der Waals surface area contributed by atoms with Crippen LogP contribution < -0.4 is 10.6 Å². The van der Waals surface area contributed by atoms with Gasteiger partial charge in [-0.25, -0.2) is 4.79 Å². The second kappa shape index (κ2) is 6.80.